The second-order valence-corrected chi connectivity index (χ2v) is 11.1. The van der Waals surface area contributed by atoms with Crippen molar-refractivity contribution in [3.05, 3.63) is 136 Å². The number of fused-ring (bicyclic) bond motifs is 2. The Hall–Kier alpha value is -3.80. The van der Waals surface area contributed by atoms with Crippen LogP contribution >= 0.6 is 23.1 Å². The summed E-state index contributed by atoms with van der Waals surface area (Å²) in [7, 11) is 0. The van der Waals surface area contributed by atoms with Gasteiger partial charge in [0.25, 0.3) is 5.01 Å². The number of hydrogen-bond donors (Lipinski definition) is 0. The lowest BCUT2D eigenvalue weighted by Crippen LogP contribution is -2.33. The van der Waals surface area contributed by atoms with E-state index < -0.39 is 0 Å². The van der Waals surface area contributed by atoms with E-state index >= 15 is 0 Å². The van der Waals surface area contributed by atoms with Gasteiger partial charge in [-0.2, -0.15) is 4.57 Å². The van der Waals surface area contributed by atoms with E-state index in [1.807, 2.05) is 41.3 Å². The maximum atomic E-state index is 6.38. The third-order valence-electron chi connectivity index (χ3n) is 6.59. The van der Waals surface area contributed by atoms with E-state index in [2.05, 4.69) is 120 Å². The fraction of sp³-hybridized carbons (Fsp3) is 0.121. The molecule has 0 atom stereocenters. The molecular formula is C33H29N2OS2+. The summed E-state index contributed by atoms with van der Waals surface area (Å²) in [4.78, 5) is 3.67. The summed E-state index contributed by atoms with van der Waals surface area (Å²) in [5.41, 5.74) is 4.74. The van der Waals surface area contributed by atoms with Crippen molar-refractivity contribution >= 4 is 50.8 Å². The number of ether oxygens (including phenoxy) is 1. The van der Waals surface area contributed by atoms with E-state index in [0.717, 1.165) is 35.7 Å². The topological polar surface area (TPSA) is 16.4 Å². The van der Waals surface area contributed by atoms with Gasteiger partial charge in [-0.15, -0.1) is 0 Å². The molecule has 0 radical (unpaired) electrons. The van der Waals surface area contributed by atoms with E-state index in [0.29, 0.717) is 0 Å². The average molecular weight is 534 g/mol. The molecule has 38 heavy (non-hydrogen) atoms. The van der Waals surface area contributed by atoms with Crippen LogP contribution in [-0.4, -0.2) is 6.54 Å². The van der Waals surface area contributed by atoms with Gasteiger partial charge in [0.05, 0.1) is 10.7 Å². The Morgan fingerprint density at radius 3 is 2.53 bits per heavy atom. The molecule has 0 spiro atoms. The van der Waals surface area contributed by atoms with Crippen molar-refractivity contribution in [3.8, 4) is 0 Å². The molecule has 0 amide bonds. The highest BCUT2D eigenvalue weighted by Gasteiger charge is 2.24. The van der Waals surface area contributed by atoms with Crippen LogP contribution in [-0.2, 0) is 11.3 Å². The fourth-order valence-corrected chi connectivity index (χ4v) is 7.14. The molecule has 2 aliphatic heterocycles. The van der Waals surface area contributed by atoms with E-state index in [4.69, 9.17) is 4.74 Å². The number of thioether (sulfide) groups is 1. The highest BCUT2D eigenvalue weighted by molar-refractivity contribution is 8.03. The first-order valence-electron chi connectivity index (χ1n) is 13.0. The first kappa shape index (κ1) is 24.5. The minimum absolute atomic E-state index is 0.821. The highest BCUT2D eigenvalue weighted by Crippen LogP contribution is 2.46. The molecule has 6 rings (SSSR count). The third-order valence-corrected chi connectivity index (χ3v) is 8.83. The Morgan fingerprint density at radius 1 is 0.895 bits per heavy atom. The molecule has 0 unspecified atom stereocenters. The molecule has 1 aromatic heterocycles. The molecular weight excluding hydrogens is 505 g/mol. The Morgan fingerprint density at radius 2 is 1.68 bits per heavy atom. The predicted octanol–water partition coefficient (Wildman–Crippen LogP) is 8.58. The maximum Gasteiger partial charge on any atom is 0.262 e. The summed E-state index contributed by atoms with van der Waals surface area (Å²) in [5, 5.41) is 2.46. The van der Waals surface area contributed by atoms with Gasteiger partial charge in [-0.3, -0.25) is 0 Å². The zero-order valence-electron chi connectivity index (χ0n) is 21.5. The van der Waals surface area contributed by atoms with Crippen LogP contribution in [0.3, 0.4) is 0 Å². The molecule has 3 heterocycles. The Labute approximate surface area is 232 Å². The van der Waals surface area contributed by atoms with Crippen LogP contribution in [0.2, 0.25) is 0 Å². The van der Waals surface area contributed by atoms with Crippen LogP contribution in [0.4, 0.5) is 5.69 Å². The lowest BCUT2D eigenvalue weighted by Gasteiger charge is -2.20. The summed E-state index contributed by atoms with van der Waals surface area (Å²) in [6, 6.07) is 27.5. The number of aromatic nitrogens is 1. The zero-order chi connectivity index (χ0) is 25.9. The molecule has 3 nitrogen and oxygen atoms in total. The van der Waals surface area contributed by atoms with Gasteiger partial charge in [0, 0.05) is 29.1 Å². The monoisotopic (exact) mass is 533 g/mol. The van der Waals surface area contributed by atoms with Crippen molar-refractivity contribution < 1.29 is 9.30 Å². The van der Waals surface area contributed by atoms with Crippen LogP contribution in [0.5, 0.6) is 0 Å². The van der Waals surface area contributed by atoms with Crippen LogP contribution in [0.25, 0.3) is 22.1 Å². The van der Waals surface area contributed by atoms with Gasteiger partial charge in [0.2, 0.25) is 5.52 Å². The summed E-state index contributed by atoms with van der Waals surface area (Å²) in [6.45, 7) is 6.25. The molecule has 188 valence electrons. The van der Waals surface area contributed by atoms with Crippen molar-refractivity contribution in [2.24, 2.45) is 0 Å². The molecule has 3 aromatic carbocycles. The van der Waals surface area contributed by atoms with E-state index in [1.165, 1.54) is 30.8 Å². The van der Waals surface area contributed by atoms with Crippen LogP contribution in [0, 0.1) is 0 Å². The van der Waals surface area contributed by atoms with Gasteiger partial charge in [0.15, 0.2) is 0 Å². The predicted molar refractivity (Wildman–Crippen MR) is 162 cm³/mol. The minimum atomic E-state index is 0.821. The van der Waals surface area contributed by atoms with Crippen LogP contribution in [0.15, 0.2) is 130 Å². The standard InChI is InChI=1S/C33H29N2OS2/c1-3-34-27-16-8-10-18-30(27)37-32(34)20-12-15-26-21-24(22-29(36-26)25-13-6-5-7-14-25)23-33-35(4-2)28-17-9-11-19-31(28)38-33/h5-23H,3-4H2,1-2H3/q+1. The van der Waals surface area contributed by atoms with Gasteiger partial charge in [-0.25, -0.2) is 0 Å². The van der Waals surface area contributed by atoms with Crippen molar-refractivity contribution in [2.75, 3.05) is 11.4 Å². The van der Waals surface area contributed by atoms with E-state index in [9.17, 15) is 0 Å². The van der Waals surface area contributed by atoms with Crippen molar-refractivity contribution in [3.63, 3.8) is 0 Å². The number of aryl methyl sites for hydroxylation is 1. The molecule has 0 fully saturated rings. The smallest absolute Gasteiger partial charge is 0.262 e. The molecule has 2 aliphatic rings. The molecule has 0 N–H and O–H groups in total. The molecule has 5 heteroatoms. The first-order valence-corrected chi connectivity index (χ1v) is 14.6. The lowest BCUT2D eigenvalue weighted by atomic mass is 10.1. The van der Waals surface area contributed by atoms with Gasteiger partial charge in [-0.1, -0.05) is 83.8 Å². The number of hydrogen-bond acceptors (Lipinski definition) is 4. The largest absolute Gasteiger partial charge is 0.457 e. The van der Waals surface area contributed by atoms with Gasteiger partial charge < -0.3 is 9.64 Å². The van der Waals surface area contributed by atoms with Crippen molar-refractivity contribution in [1.29, 1.82) is 0 Å². The van der Waals surface area contributed by atoms with Gasteiger partial charge in [-0.05, 0) is 61.9 Å². The minimum Gasteiger partial charge on any atom is -0.457 e. The Bertz CT molecular complexity index is 1640. The van der Waals surface area contributed by atoms with Gasteiger partial charge in [0.1, 0.15) is 22.8 Å². The number of thiazole rings is 1. The Balaban J connectivity index is 1.35. The molecule has 0 saturated carbocycles. The lowest BCUT2D eigenvalue weighted by molar-refractivity contribution is -0.665. The number of rotatable bonds is 6. The number of anilines is 1. The fourth-order valence-electron chi connectivity index (χ4n) is 4.81. The highest BCUT2D eigenvalue weighted by atomic mass is 32.2. The Kier molecular flexibility index (Phi) is 7.04. The van der Waals surface area contributed by atoms with Crippen LogP contribution in [0.1, 0.15) is 24.4 Å². The molecule has 0 saturated heterocycles. The second-order valence-electron chi connectivity index (χ2n) is 9.00. The van der Waals surface area contributed by atoms with E-state index in [-0.39, 0.29) is 0 Å². The molecule has 0 bridgehead atoms. The maximum absolute atomic E-state index is 6.38. The average Bonchev–Trinajstić information content (AvgIpc) is 3.50. The summed E-state index contributed by atoms with van der Waals surface area (Å²) in [5.74, 6) is 1.68. The third kappa shape index (κ3) is 4.87. The molecule has 4 aromatic rings. The van der Waals surface area contributed by atoms with Crippen LogP contribution < -0.4 is 9.47 Å². The van der Waals surface area contributed by atoms with Crippen molar-refractivity contribution in [1.82, 2.24) is 0 Å². The van der Waals surface area contributed by atoms with E-state index in [1.54, 1.807) is 0 Å². The summed E-state index contributed by atoms with van der Waals surface area (Å²) in [6.07, 6.45) is 12.9. The normalized spacial score (nSPS) is 17.3. The quantitative estimate of drug-likeness (QED) is 0.231. The zero-order valence-corrected chi connectivity index (χ0v) is 23.1. The number of allylic oxidation sites excluding steroid dienone is 6. The SMILES string of the molecule is CCN1/C(=C/C2=CC(=C/C=C/c3sc4ccccc4[n+]3CC)/OC(c3ccccc3)=C2)Sc2ccccc21. The second kappa shape index (κ2) is 10.9. The summed E-state index contributed by atoms with van der Waals surface area (Å²) < 4.78 is 10.0. The summed E-state index contributed by atoms with van der Waals surface area (Å²) >= 11 is 3.64. The molecule has 0 aliphatic carbocycles. The van der Waals surface area contributed by atoms with Gasteiger partial charge >= 0.3 is 0 Å². The number of benzene rings is 3. The number of nitrogens with zero attached hydrogens (tertiary/aromatic N) is 2. The number of para-hydroxylation sites is 2. The first-order chi connectivity index (χ1) is 18.7. The van der Waals surface area contributed by atoms with Crippen molar-refractivity contribution in [2.45, 2.75) is 25.3 Å².